The van der Waals surface area contributed by atoms with E-state index >= 15 is 0 Å². The molecule has 0 aliphatic heterocycles. The van der Waals surface area contributed by atoms with Crippen molar-refractivity contribution in [1.29, 1.82) is 0 Å². The highest BCUT2D eigenvalue weighted by Crippen LogP contribution is 2.15. The Morgan fingerprint density at radius 2 is 1.94 bits per heavy atom. The van der Waals surface area contributed by atoms with Crippen molar-refractivity contribution >= 4 is 10.1 Å². The normalized spacial score (nSPS) is 13.5. The van der Waals surface area contributed by atoms with Gasteiger partial charge in [0.2, 0.25) is 0 Å². The Kier molecular flexibility index (Phi) is 5.61. The monoisotopic (exact) mass is 257 g/mol. The molecule has 0 aliphatic rings. The quantitative estimate of drug-likeness (QED) is 0.579. The zero-order valence-corrected chi connectivity index (χ0v) is 10.8. The lowest BCUT2D eigenvalue weighted by molar-refractivity contribution is 0.474. The molecule has 1 aromatic rings. The molecule has 1 aromatic carbocycles. The topological polar surface area (TPSA) is 66.4 Å². The van der Waals surface area contributed by atoms with Gasteiger partial charge >= 0.3 is 0 Å². The van der Waals surface area contributed by atoms with Gasteiger partial charge in [-0.05, 0) is 24.9 Å². The summed E-state index contributed by atoms with van der Waals surface area (Å²) in [6, 6.07) is 10.3. The van der Waals surface area contributed by atoms with Gasteiger partial charge in [-0.15, -0.1) is 0 Å². The van der Waals surface area contributed by atoms with Crippen molar-refractivity contribution in [2.75, 3.05) is 12.3 Å². The summed E-state index contributed by atoms with van der Waals surface area (Å²) >= 11 is 0. The maximum atomic E-state index is 10.5. The summed E-state index contributed by atoms with van der Waals surface area (Å²) in [7, 11) is -3.83. The minimum Gasteiger partial charge on any atom is -0.310 e. The van der Waals surface area contributed by atoms with Crippen molar-refractivity contribution < 1.29 is 13.0 Å². The lowest BCUT2D eigenvalue weighted by Crippen LogP contribution is -2.23. The summed E-state index contributed by atoms with van der Waals surface area (Å²) < 4.78 is 29.7. The highest BCUT2D eigenvalue weighted by molar-refractivity contribution is 7.85. The third kappa shape index (κ3) is 5.81. The minimum absolute atomic E-state index is 0.189. The second kappa shape index (κ2) is 6.74. The first-order chi connectivity index (χ1) is 8.03. The SMILES string of the molecule is CCC(NCCCS(=O)(=O)O)c1ccccc1. The molecule has 0 saturated heterocycles. The van der Waals surface area contributed by atoms with Gasteiger partial charge in [0.25, 0.3) is 10.1 Å². The Morgan fingerprint density at radius 1 is 1.29 bits per heavy atom. The maximum Gasteiger partial charge on any atom is 0.264 e. The Bertz CT molecular complexity index is 417. The number of benzene rings is 1. The zero-order chi connectivity index (χ0) is 12.7. The smallest absolute Gasteiger partial charge is 0.264 e. The fourth-order valence-electron chi connectivity index (χ4n) is 1.71. The van der Waals surface area contributed by atoms with Crippen LogP contribution < -0.4 is 5.32 Å². The van der Waals surface area contributed by atoms with Gasteiger partial charge in [-0.3, -0.25) is 4.55 Å². The zero-order valence-electron chi connectivity index (χ0n) is 9.96. The Hall–Kier alpha value is -0.910. The Labute approximate surface area is 103 Å². The maximum absolute atomic E-state index is 10.5. The fourth-order valence-corrected chi connectivity index (χ4v) is 2.22. The van der Waals surface area contributed by atoms with E-state index < -0.39 is 10.1 Å². The minimum atomic E-state index is -3.83. The van der Waals surface area contributed by atoms with Crippen molar-refractivity contribution in [2.24, 2.45) is 0 Å². The van der Waals surface area contributed by atoms with E-state index in [4.69, 9.17) is 4.55 Å². The van der Waals surface area contributed by atoms with Gasteiger partial charge in [0.05, 0.1) is 5.75 Å². The van der Waals surface area contributed by atoms with Gasteiger partial charge in [0, 0.05) is 6.04 Å². The number of hydrogen-bond donors (Lipinski definition) is 2. The van der Waals surface area contributed by atoms with E-state index in [2.05, 4.69) is 12.2 Å². The van der Waals surface area contributed by atoms with E-state index in [1.54, 1.807) is 0 Å². The van der Waals surface area contributed by atoms with Crippen molar-refractivity contribution in [3.8, 4) is 0 Å². The van der Waals surface area contributed by atoms with Crippen LogP contribution in [0.1, 0.15) is 31.4 Å². The molecule has 0 aromatic heterocycles. The van der Waals surface area contributed by atoms with Crippen LogP contribution in [0.5, 0.6) is 0 Å². The van der Waals surface area contributed by atoms with Gasteiger partial charge in [-0.2, -0.15) is 8.42 Å². The molecule has 0 radical (unpaired) electrons. The van der Waals surface area contributed by atoms with Crippen LogP contribution in [0.15, 0.2) is 30.3 Å². The van der Waals surface area contributed by atoms with Crippen LogP contribution in [-0.2, 0) is 10.1 Å². The molecule has 0 aliphatic carbocycles. The molecule has 2 N–H and O–H groups in total. The first-order valence-corrected chi connectivity index (χ1v) is 7.37. The average Bonchev–Trinajstić information content (AvgIpc) is 2.29. The third-order valence-corrected chi connectivity index (χ3v) is 3.38. The predicted octanol–water partition coefficient (Wildman–Crippen LogP) is 2.01. The van der Waals surface area contributed by atoms with Gasteiger partial charge in [0.1, 0.15) is 0 Å². The third-order valence-electron chi connectivity index (χ3n) is 2.58. The van der Waals surface area contributed by atoms with E-state index in [1.165, 1.54) is 5.56 Å². The Balaban J connectivity index is 2.39. The molecule has 1 rings (SSSR count). The number of hydrogen-bond acceptors (Lipinski definition) is 3. The van der Waals surface area contributed by atoms with Crippen LogP contribution in [0.3, 0.4) is 0 Å². The van der Waals surface area contributed by atoms with Crippen LogP contribution in [0.25, 0.3) is 0 Å². The molecule has 4 nitrogen and oxygen atoms in total. The molecule has 0 bridgehead atoms. The van der Waals surface area contributed by atoms with E-state index in [0.717, 1.165) is 6.42 Å². The molecule has 17 heavy (non-hydrogen) atoms. The highest BCUT2D eigenvalue weighted by Gasteiger charge is 2.08. The molecule has 0 spiro atoms. The van der Waals surface area contributed by atoms with Gasteiger partial charge in [0.15, 0.2) is 0 Å². The lowest BCUT2D eigenvalue weighted by atomic mass is 10.0. The summed E-state index contributed by atoms with van der Waals surface area (Å²) in [5.41, 5.74) is 1.20. The molecule has 96 valence electrons. The molecule has 0 fully saturated rings. The Morgan fingerprint density at radius 3 is 2.47 bits per heavy atom. The first kappa shape index (κ1) is 14.2. The first-order valence-electron chi connectivity index (χ1n) is 5.76. The number of rotatable bonds is 7. The largest absolute Gasteiger partial charge is 0.310 e. The van der Waals surface area contributed by atoms with Crippen molar-refractivity contribution in [3.63, 3.8) is 0 Å². The molecular formula is C12H19NO3S. The molecular weight excluding hydrogens is 238 g/mol. The number of nitrogens with one attached hydrogen (secondary N) is 1. The van der Waals surface area contributed by atoms with Crippen molar-refractivity contribution in [2.45, 2.75) is 25.8 Å². The summed E-state index contributed by atoms with van der Waals surface area (Å²) in [5, 5.41) is 3.28. The molecule has 0 saturated carbocycles. The summed E-state index contributed by atoms with van der Waals surface area (Å²) in [4.78, 5) is 0. The van der Waals surface area contributed by atoms with E-state index in [9.17, 15) is 8.42 Å². The summed E-state index contributed by atoms with van der Waals surface area (Å²) in [6.07, 6.45) is 1.36. The van der Waals surface area contributed by atoms with Crippen LogP contribution in [0.4, 0.5) is 0 Å². The summed E-state index contributed by atoms with van der Waals surface area (Å²) in [6.45, 7) is 2.65. The molecule has 0 heterocycles. The standard InChI is InChI=1S/C12H19NO3S/c1-2-12(11-7-4-3-5-8-11)13-9-6-10-17(14,15)16/h3-5,7-8,12-13H,2,6,9-10H2,1H3,(H,14,15,16). The van der Waals surface area contributed by atoms with Gasteiger partial charge in [-0.25, -0.2) is 0 Å². The van der Waals surface area contributed by atoms with E-state index in [0.29, 0.717) is 13.0 Å². The van der Waals surface area contributed by atoms with Crippen molar-refractivity contribution in [1.82, 2.24) is 5.32 Å². The van der Waals surface area contributed by atoms with Crippen LogP contribution >= 0.6 is 0 Å². The molecule has 1 unspecified atom stereocenters. The van der Waals surface area contributed by atoms with Crippen LogP contribution in [-0.4, -0.2) is 25.3 Å². The molecule has 5 heteroatoms. The second-order valence-electron chi connectivity index (χ2n) is 3.97. The van der Waals surface area contributed by atoms with Crippen LogP contribution in [0.2, 0.25) is 0 Å². The molecule has 0 amide bonds. The second-order valence-corrected chi connectivity index (χ2v) is 5.54. The molecule has 1 atom stereocenters. The highest BCUT2D eigenvalue weighted by atomic mass is 32.2. The fraction of sp³-hybridized carbons (Fsp3) is 0.500. The van der Waals surface area contributed by atoms with Crippen molar-refractivity contribution in [3.05, 3.63) is 35.9 Å². The van der Waals surface area contributed by atoms with Gasteiger partial charge < -0.3 is 5.32 Å². The average molecular weight is 257 g/mol. The lowest BCUT2D eigenvalue weighted by Gasteiger charge is -2.17. The van der Waals surface area contributed by atoms with E-state index in [-0.39, 0.29) is 11.8 Å². The van der Waals surface area contributed by atoms with E-state index in [1.807, 2.05) is 30.3 Å². The van der Waals surface area contributed by atoms with Crippen LogP contribution in [0, 0.1) is 0 Å². The summed E-state index contributed by atoms with van der Waals surface area (Å²) in [5.74, 6) is -0.189. The van der Waals surface area contributed by atoms with Gasteiger partial charge in [-0.1, -0.05) is 37.3 Å². The predicted molar refractivity (Wildman–Crippen MR) is 68.5 cm³/mol.